The molecule has 0 fully saturated rings. The second-order valence-electron chi connectivity index (χ2n) is 6.06. The number of nitrogens with zero attached hydrogens (tertiary/aromatic N) is 1. The van der Waals surface area contributed by atoms with E-state index in [-0.39, 0.29) is 22.2 Å². The van der Waals surface area contributed by atoms with Crippen molar-refractivity contribution in [2.75, 3.05) is 5.32 Å². The quantitative estimate of drug-likeness (QED) is 0.316. The minimum atomic E-state index is -0.468. The highest BCUT2D eigenvalue weighted by atomic mass is 79.9. The van der Waals surface area contributed by atoms with Gasteiger partial charge in [-0.05, 0) is 60.7 Å². The fourth-order valence-electron chi connectivity index (χ4n) is 2.42. The zero-order valence-corrected chi connectivity index (χ0v) is 18.3. The Balaban J connectivity index is 1.61. The van der Waals surface area contributed by atoms with E-state index >= 15 is 0 Å². The molecule has 3 aromatic rings. The highest BCUT2D eigenvalue weighted by Gasteiger charge is 2.09. The summed E-state index contributed by atoms with van der Waals surface area (Å²) in [6.45, 7) is 0. The van der Waals surface area contributed by atoms with Crippen LogP contribution in [0.5, 0.6) is 5.75 Å². The fraction of sp³-hybridized carbons (Fsp3) is 0. The van der Waals surface area contributed by atoms with Gasteiger partial charge in [-0.2, -0.15) is 5.10 Å². The number of phenols is 1. The summed E-state index contributed by atoms with van der Waals surface area (Å²) in [5, 5.41) is 16.8. The Morgan fingerprint density at radius 2 is 1.53 bits per heavy atom. The number of rotatable bonds is 5. The average Bonchev–Trinajstić information content (AvgIpc) is 2.72. The minimum absolute atomic E-state index is 0.0797. The summed E-state index contributed by atoms with van der Waals surface area (Å²) in [5.41, 5.74) is 4.00. The van der Waals surface area contributed by atoms with Crippen molar-refractivity contribution in [3.63, 3.8) is 0 Å². The molecule has 152 valence electrons. The molecule has 0 saturated heterocycles. The summed E-state index contributed by atoms with van der Waals surface area (Å²) in [5.74, 6) is -0.918. The molecule has 0 aliphatic heterocycles. The van der Waals surface area contributed by atoms with E-state index in [1.165, 1.54) is 18.3 Å². The Morgan fingerprint density at radius 3 is 2.20 bits per heavy atom. The van der Waals surface area contributed by atoms with Crippen LogP contribution in [0.4, 0.5) is 5.69 Å². The largest absolute Gasteiger partial charge is 0.506 e. The molecule has 0 atom stereocenters. The third-order valence-electron chi connectivity index (χ3n) is 3.94. The van der Waals surface area contributed by atoms with Crippen LogP contribution in [0.2, 0.25) is 10.0 Å². The SMILES string of the molecule is O=C(N/N=C/c1cc(Cl)cc(Cl)c1O)c1ccc(NC(=O)c2ccc(Br)cc2)cc1. The van der Waals surface area contributed by atoms with Crippen LogP contribution in [0.25, 0.3) is 0 Å². The van der Waals surface area contributed by atoms with Crippen molar-refractivity contribution < 1.29 is 14.7 Å². The lowest BCUT2D eigenvalue weighted by Crippen LogP contribution is -2.18. The van der Waals surface area contributed by atoms with Crippen molar-refractivity contribution in [2.24, 2.45) is 5.10 Å². The number of anilines is 1. The van der Waals surface area contributed by atoms with E-state index in [0.29, 0.717) is 21.8 Å². The molecule has 0 bridgehead atoms. The zero-order chi connectivity index (χ0) is 21.7. The summed E-state index contributed by atoms with van der Waals surface area (Å²) >= 11 is 15.0. The predicted molar refractivity (Wildman–Crippen MR) is 122 cm³/mol. The first-order valence-electron chi connectivity index (χ1n) is 8.52. The molecule has 0 heterocycles. The van der Waals surface area contributed by atoms with Gasteiger partial charge >= 0.3 is 0 Å². The lowest BCUT2D eigenvalue weighted by molar-refractivity contribution is 0.0954. The molecular weight excluding hydrogens is 493 g/mol. The van der Waals surface area contributed by atoms with Gasteiger partial charge in [-0.3, -0.25) is 9.59 Å². The van der Waals surface area contributed by atoms with Gasteiger partial charge in [-0.1, -0.05) is 39.1 Å². The van der Waals surface area contributed by atoms with E-state index < -0.39 is 5.91 Å². The first kappa shape index (κ1) is 21.8. The van der Waals surface area contributed by atoms with Gasteiger partial charge in [0, 0.05) is 31.9 Å². The molecule has 0 unspecified atom stereocenters. The maximum atomic E-state index is 12.2. The number of phenolic OH excluding ortho intramolecular Hbond substituents is 1. The summed E-state index contributed by atoms with van der Waals surface area (Å²) < 4.78 is 0.880. The first-order chi connectivity index (χ1) is 14.3. The van der Waals surface area contributed by atoms with Gasteiger partial charge < -0.3 is 10.4 Å². The standard InChI is InChI=1S/C21H14BrCl2N3O3/c22-15-5-1-12(2-6-15)20(29)26-17-7-3-13(4-8-17)21(30)27-25-11-14-9-16(23)10-18(24)19(14)28/h1-11,28H,(H,26,29)(H,27,30)/b25-11+. The maximum absolute atomic E-state index is 12.2. The van der Waals surface area contributed by atoms with Crippen molar-refractivity contribution in [2.45, 2.75) is 0 Å². The summed E-state index contributed by atoms with van der Waals surface area (Å²) in [6, 6.07) is 16.1. The number of carbonyl (C=O) groups is 2. The van der Waals surface area contributed by atoms with Gasteiger partial charge in [0.15, 0.2) is 0 Å². The number of aromatic hydroxyl groups is 1. The van der Waals surface area contributed by atoms with Gasteiger partial charge in [-0.15, -0.1) is 0 Å². The third-order valence-corrected chi connectivity index (χ3v) is 4.97. The highest BCUT2D eigenvalue weighted by molar-refractivity contribution is 9.10. The Labute approximate surface area is 190 Å². The second-order valence-corrected chi connectivity index (χ2v) is 7.82. The van der Waals surface area contributed by atoms with Crippen LogP contribution in [-0.2, 0) is 0 Å². The lowest BCUT2D eigenvalue weighted by atomic mass is 10.1. The Morgan fingerprint density at radius 1 is 0.933 bits per heavy atom. The molecule has 30 heavy (non-hydrogen) atoms. The number of hydrazone groups is 1. The van der Waals surface area contributed by atoms with Crippen LogP contribution in [-0.4, -0.2) is 23.1 Å². The zero-order valence-electron chi connectivity index (χ0n) is 15.2. The number of halogens is 3. The van der Waals surface area contributed by atoms with Crippen LogP contribution in [0, 0.1) is 0 Å². The van der Waals surface area contributed by atoms with E-state index in [4.69, 9.17) is 23.2 Å². The molecule has 0 radical (unpaired) electrons. The number of carbonyl (C=O) groups excluding carboxylic acids is 2. The molecule has 3 aromatic carbocycles. The maximum Gasteiger partial charge on any atom is 0.271 e. The van der Waals surface area contributed by atoms with Crippen molar-refractivity contribution in [1.82, 2.24) is 5.43 Å². The molecule has 3 rings (SSSR count). The van der Waals surface area contributed by atoms with Gasteiger partial charge in [-0.25, -0.2) is 5.43 Å². The smallest absolute Gasteiger partial charge is 0.271 e. The Hall–Kier alpha value is -2.87. The van der Waals surface area contributed by atoms with Crippen molar-refractivity contribution in [3.05, 3.63) is 91.9 Å². The summed E-state index contributed by atoms with van der Waals surface area (Å²) in [4.78, 5) is 24.4. The normalized spacial score (nSPS) is 10.8. The van der Waals surface area contributed by atoms with Gasteiger partial charge in [0.1, 0.15) is 5.75 Å². The number of amides is 2. The molecule has 0 aliphatic rings. The Kier molecular flexibility index (Phi) is 7.10. The van der Waals surface area contributed by atoms with E-state index in [1.807, 2.05) is 0 Å². The monoisotopic (exact) mass is 505 g/mol. The molecule has 6 nitrogen and oxygen atoms in total. The number of nitrogens with one attached hydrogen (secondary N) is 2. The van der Waals surface area contributed by atoms with Crippen LogP contribution in [0.3, 0.4) is 0 Å². The average molecular weight is 507 g/mol. The van der Waals surface area contributed by atoms with Crippen LogP contribution < -0.4 is 10.7 Å². The summed E-state index contributed by atoms with van der Waals surface area (Å²) in [6.07, 6.45) is 1.23. The van der Waals surface area contributed by atoms with Crippen molar-refractivity contribution >= 4 is 62.8 Å². The van der Waals surface area contributed by atoms with Gasteiger partial charge in [0.2, 0.25) is 0 Å². The van der Waals surface area contributed by atoms with E-state index in [9.17, 15) is 14.7 Å². The van der Waals surface area contributed by atoms with E-state index in [0.717, 1.165) is 4.47 Å². The molecule has 9 heteroatoms. The molecule has 0 saturated carbocycles. The molecule has 3 N–H and O–H groups in total. The van der Waals surface area contributed by atoms with Gasteiger partial charge in [0.25, 0.3) is 11.8 Å². The van der Waals surface area contributed by atoms with Crippen LogP contribution in [0.1, 0.15) is 26.3 Å². The van der Waals surface area contributed by atoms with Crippen molar-refractivity contribution in [3.8, 4) is 5.75 Å². The number of benzene rings is 3. The number of hydrogen-bond donors (Lipinski definition) is 3. The first-order valence-corrected chi connectivity index (χ1v) is 10.1. The third kappa shape index (κ3) is 5.60. The van der Waals surface area contributed by atoms with Crippen LogP contribution in [0.15, 0.2) is 70.2 Å². The molecule has 0 spiro atoms. The van der Waals surface area contributed by atoms with Gasteiger partial charge in [0.05, 0.1) is 11.2 Å². The topological polar surface area (TPSA) is 90.8 Å². The second kappa shape index (κ2) is 9.75. The van der Waals surface area contributed by atoms with E-state index in [2.05, 4.69) is 31.8 Å². The highest BCUT2D eigenvalue weighted by Crippen LogP contribution is 2.29. The lowest BCUT2D eigenvalue weighted by Gasteiger charge is -2.06. The molecular formula is C21H14BrCl2N3O3. The van der Waals surface area contributed by atoms with Crippen LogP contribution >= 0.6 is 39.1 Å². The minimum Gasteiger partial charge on any atom is -0.506 e. The summed E-state index contributed by atoms with van der Waals surface area (Å²) in [7, 11) is 0. The Bertz CT molecular complexity index is 1120. The fourth-order valence-corrected chi connectivity index (χ4v) is 3.19. The molecule has 2 amide bonds. The number of hydrogen-bond acceptors (Lipinski definition) is 4. The molecule has 0 aromatic heterocycles. The van der Waals surface area contributed by atoms with E-state index in [1.54, 1.807) is 48.5 Å². The van der Waals surface area contributed by atoms with Crippen molar-refractivity contribution in [1.29, 1.82) is 0 Å². The molecule has 0 aliphatic carbocycles. The predicted octanol–water partition coefficient (Wildman–Crippen LogP) is 5.48.